The van der Waals surface area contributed by atoms with Crippen molar-refractivity contribution in [2.75, 3.05) is 13.1 Å². The zero-order chi connectivity index (χ0) is 17.5. The highest BCUT2D eigenvalue weighted by Gasteiger charge is 2.29. The maximum absolute atomic E-state index is 12.8. The van der Waals surface area contributed by atoms with Crippen molar-refractivity contribution in [2.24, 2.45) is 0 Å². The van der Waals surface area contributed by atoms with E-state index in [4.69, 9.17) is 4.74 Å². The zero-order valence-electron chi connectivity index (χ0n) is 13.6. The standard InChI is InChI=1S/C17H19N3O4/c1-3-19(4-2)17(21)15(13-9-6-5-7-10-13)24-14-11-8-12-18-16(14)20(22)23/h5-12,15H,3-4H2,1-2H3. The first-order valence-electron chi connectivity index (χ1n) is 7.68. The second-order valence-corrected chi connectivity index (χ2v) is 5.00. The van der Waals surface area contributed by atoms with Crippen molar-refractivity contribution < 1.29 is 14.5 Å². The second-order valence-electron chi connectivity index (χ2n) is 5.00. The van der Waals surface area contributed by atoms with Gasteiger partial charge < -0.3 is 19.8 Å². The van der Waals surface area contributed by atoms with Crippen LogP contribution in [-0.2, 0) is 4.79 Å². The van der Waals surface area contributed by atoms with Gasteiger partial charge in [-0.05, 0) is 35.9 Å². The minimum absolute atomic E-state index is 0.0307. The van der Waals surface area contributed by atoms with Crippen LogP contribution in [0.3, 0.4) is 0 Å². The van der Waals surface area contributed by atoms with Gasteiger partial charge in [0.15, 0.2) is 0 Å². The molecule has 7 heteroatoms. The number of nitro groups is 1. The molecule has 0 fully saturated rings. The zero-order valence-corrected chi connectivity index (χ0v) is 13.6. The molecule has 0 saturated carbocycles. The van der Waals surface area contributed by atoms with Crippen LogP contribution in [0.2, 0.25) is 0 Å². The molecule has 0 spiro atoms. The Labute approximate surface area is 140 Å². The van der Waals surface area contributed by atoms with Gasteiger partial charge in [-0.2, -0.15) is 0 Å². The number of pyridine rings is 1. The molecule has 1 aromatic heterocycles. The smallest absolute Gasteiger partial charge is 0.406 e. The largest absolute Gasteiger partial charge is 0.467 e. The number of likely N-dealkylation sites (N-methyl/N-ethyl adjacent to an activating group) is 1. The maximum Gasteiger partial charge on any atom is 0.406 e. The van der Waals surface area contributed by atoms with Crippen molar-refractivity contribution in [3.05, 3.63) is 64.3 Å². The third-order valence-electron chi connectivity index (χ3n) is 3.57. The van der Waals surface area contributed by atoms with Crippen LogP contribution in [-0.4, -0.2) is 33.8 Å². The van der Waals surface area contributed by atoms with Crippen LogP contribution in [0, 0.1) is 10.1 Å². The molecule has 0 bridgehead atoms. The van der Waals surface area contributed by atoms with E-state index < -0.39 is 16.8 Å². The van der Waals surface area contributed by atoms with Crippen LogP contribution in [0.25, 0.3) is 0 Å². The first-order chi connectivity index (χ1) is 11.6. The summed E-state index contributed by atoms with van der Waals surface area (Å²) < 4.78 is 5.74. The van der Waals surface area contributed by atoms with E-state index in [9.17, 15) is 14.9 Å². The Morgan fingerprint density at radius 2 is 1.88 bits per heavy atom. The number of benzene rings is 1. The Hall–Kier alpha value is -2.96. The summed E-state index contributed by atoms with van der Waals surface area (Å²) in [5, 5.41) is 11.1. The fraction of sp³-hybridized carbons (Fsp3) is 0.294. The molecule has 0 radical (unpaired) electrons. The lowest BCUT2D eigenvalue weighted by Gasteiger charge is -2.25. The molecular formula is C17H19N3O4. The molecule has 1 aromatic carbocycles. The molecule has 1 amide bonds. The Balaban J connectivity index is 2.41. The van der Waals surface area contributed by atoms with Crippen molar-refractivity contribution in [2.45, 2.75) is 20.0 Å². The van der Waals surface area contributed by atoms with Crippen molar-refractivity contribution >= 4 is 11.7 Å². The van der Waals surface area contributed by atoms with Crippen molar-refractivity contribution in [3.63, 3.8) is 0 Å². The van der Waals surface area contributed by atoms with Gasteiger partial charge in [0.1, 0.15) is 6.20 Å². The number of amides is 1. The molecule has 0 aliphatic rings. The van der Waals surface area contributed by atoms with E-state index in [1.165, 1.54) is 18.3 Å². The van der Waals surface area contributed by atoms with Gasteiger partial charge in [0.2, 0.25) is 11.9 Å². The van der Waals surface area contributed by atoms with Crippen LogP contribution >= 0.6 is 0 Å². The minimum Gasteiger partial charge on any atom is -0.467 e. The van der Waals surface area contributed by atoms with E-state index >= 15 is 0 Å². The molecule has 126 valence electrons. The Kier molecular flexibility index (Phi) is 5.83. The van der Waals surface area contributed by atoms with E-state index in [0.29, 0.717) is 18.7 Å². The molecule has 0 aliphatic carbocycles. The Morgan fingerprint density at radius 3 is 2.46 bits per heavy atom. The molecule has 2 aromatic rings. The summed E-state index contributed by atoms with van der Waals surface area (Å²) in [5.41, 5.74) is 0.632. The summed E-state index contributed by atoms with van der Waals surface area (Å²) in [5.74, 6) is -0.688. The average Bonchev–Trinajstić information content (AvgIpc) is 2.61. The average molecular weight is 329 g/mol. The van der Waals surface area contributed by atoms with E-state index in [0.717, 1.165) is 0 Å². The van der Waals surface area contributed by atoms with Gasteiger partial charge in [-0.3, -0.25) is 4.79 Å². The number of ether oxygens (including phenoxy) is 1. The lowest BCUT2D eigenvalue weighted by molar-refractivity contribution is -0.390. The van der Waals surface area contributed by atoms with Gasteiger partial charge in [0, 0.05) is 18.7 Å². The summed E-state index contributed by atoms with van der Waals surface area (Å²) in [4.78, 5) is 28.6. The van der Waals surface area contributed by atoms with E-state index in [1.807, 2.05) is 19.9 Å². The highest BCUT2D eigenvalue weighted by atomic mass is 16.6. The lowest BCUT2D eigenvalue weighted by Crippen LogP contribution is -2.37. The number of nitrogens with zero attached hydrogens (tertiary/aromatic N) is 3. The van der Waals surface area contributed by atoms with Gasteiger partial charge >= 0.3 is 5.82 Å². The topological polar surface area (TPSA) is 85.6 Å². The molecular weight excluding hydrogens is 310 g/mol. The maximum atomic E-state index is 12.8. The quantitative estimate of drug-likeness (QED) is 0.576. The number of carbonyl (C=O) groups excluding carboxylic acids is 1. The second kappa shape index (κ2) is 8.05. The summed E-state index contributed by atoms with van der Waals surface area (Å²) in [7, 11) is 0. The summed E-state index contributed by atoms with van der Waals surface area (Å²) in [6.45, 7) is 4.79. The molecule has 2 rings (SSSR count). The monoisotopic (exact) mass is 329 g/mol. The SMILES string of the molecule is CCN(CC)C(=O)C(Oc1cccnc1[N+](=O)[O-])c1ccccc1. The van der Waals surface area contributed by atoms with Gasteiger partial charge in [-0.1, -0.05) is 30.3 Å². The fourth-order valence-electron chi connectivity index (χ4n) is 2.33. The highest BCUT2D eigenvalue weighted by molar-refractivity contribution is 5.82. The van der Waals surface area contributed by atoms with Crippen LogP contribution in [0.15, 0.2) is 48.7 Å². The van der Waals surface area contributed by atoms with Crippen LogP contribution in [0.4, 0.5) is 5.82 Å². The molecule has 0 saturated heterocycles. The molecule has 1 heterocycles. The molecule has 1 unspecified atom stereocenters. The van der Waals surface area contributed by atoms with E-state index in [-0.39, 0.29) is 11.7 Å². The van der Waals surface area contributed by atoms with Crippen molar-refractivity contribution in [3.8, 4) is 5.75 Å². The van der Waals surface area contributed by atoms with E-state index in [1.54, 1.807) is 29.2 Å². The Morgan fingerprint density at radius 1 is 1.21 bits per heavy atom. The predicted molar refractivity (Wildman–Crippen MR) is 88.6 cm³/mol. The molecule has 1 atom stereocenters. The normalized spacial score (nSPS) is 11.6. The summed E-state index contributed by atoms with van der Waals surface area (Å²) >= 11 is 0. The first kappa shape index (κ1) is 17.4. The van der Waals surface area contributed by atoms with Gasteiger partial charge in [-0.25, -0.2) is 0 Å². The van der Waals surface area contributed by atoms with Gasteiger partial charge in [-0.15, -0.1) is 0 Å². The van der Waals surface area contributed by atoms with Crippen molar-refractivity contribution in [1.29, 1.82) is 0 Å². The van der Waals surface area contributed by atoms with Crippen molar-refractivity contribution in [1.82, 2.24) is 9.88 Å². The number of hydrogen-bond acceptors (Lipinski definition) is 5. The summed E-state index contributed by atoms with van der Waals surface area (Å²) in [6.07, 6.45) is 0.350. The third kappa shape index (κ3) is 3.87. The van der Waals surface area contributed by atoms with E-state index in [2.05, 4.69) is 4.98 Å². The lowest BCUT2D eigenvalue weighted by atomic mass is 10.1. The highest BCUT2D eigenvalue weighted by Crippen LogP contribution is 2.29. The predicted octanol–water partition coefficient (Wildman–Crippen LogP) is 2.98. The Bertz CT molecular complexity index is 702. The minimum atomic E-state index is -0.964. The van der Waals surface area contributed by atoms with Gasteiger partial charge in [0.05, 0.1) is 0 Å². The number of hydrogen-bond donors (Lipinski definition) is 0. The van der Waals surface area contributed by atoms with Crippen LogP contribution in [0.1, 0.15) is 25.5 Å². The fourth-order valence-corrected chi connectivity index (χ4v) is 2.33. The first-order valence-corrected chi connectivity index (χ1v) is 7.68. The third-order valence-corrected chi connectivity index (χ3v) is 3.57. The summed E-state index contributed by atoms with van der Waals surface area (Å²) in [6, 6.07) is 11.9. The molecule has 0 N–H and O–H groups in total. The number of carbonyl (C=O) groups is 1. The molecule has 24 heavy (non-hydrogen) atoms. The number of aromatic nitrogens is 1. The van der Waals surface area contributed by atoms with Crippen LogP contribution in [0.5, 0.6) is 5.75 Å². The molecule has 0 aliphatic heterocycles. The number of rotatable bonds is 7. The molecule has 7 nitrogen and oxygen atoms in total. The van der Waals surface area contributed by atoms with Crippen LogP contribution < -0.4 is 4.74 Å². The van der Waals surface area contributed by atoms with Gasteiger partial charge in [0.25, 0.3) is 5.91 Å².